The standard InChI is InChI=1S/C22H18FN5/c23-19-8-6-16(7-9-19)13-28-21-15-27(14-18(21)12-24-28)22-11-10-20(25-26-22)17-4-2-1-3-5-17/h1-12H,13-15H2. The fraction of sp³-hybridized carbons (Fsp3) is 0.136. The lowest BCUT2D eigenvalue weighted by Gasteiger charge is -2.16. The van der Waals surface area contributed by atoms with Gasteiger partial charge in [-0.05, 0) is 29.8 Å². The lowest BCUT2D eigenvalue weighted by atomic mass is 10.1. The van der Waals surface area contributed by atoms with Gasteiger partial charge in [-0.3, -0.25) is 4.68 Å². The Labute approximate surface area is 162 Å². The van der Waals surface area contributed by atoms with E-state index >= 15 is 0 Å². The molecular formula is C22H18FN5. The Morgan fingerprint density at radius 1 is 0.857 bits per heavy atom. The number of anilines is 1. The number of aromatic nitrogens is 4. The summed E-state index contributed by atoms with van der Waals surface area (Å²) >= 11 is 0. The highest BCUT2D eigenvalue weighted by Crippen LogP contribution is 2.28. The number of halogens is 1. The summed E-state index contributed by atoms with van der Waals surface area (Å²) in [7, 11) is 0. The molecule has 0 amide bonds. The molecule has 5 rings (SSSR count). The highest BCUT2D eigenvalue weighted by atomic mass is 19.1. The highest BCUT2D eigenvalue weighted by molar-refractivity contribution is 5.59. The van der Waals surface area contributed by atoms with Gasteiger partial charge in [-0.1, -0.05) is 42.5 Å². The Morgan fingerprint density at radius 3 is 2.43 bits per heavy atom. The van der Waals surface area contributed by atoms with E-state index in [1.807, 2.05) is 53.3 Å². The van der Waals surface area contributed by atoms with Crippen LogP contribution in [-0.4, -0.2) is 20.0 Å². The fourth-order valence-corrected chi connectivity index (χ4v) is 3.52. The Bertz CT molecular complexity index is 1090. The number of hydrogen-bond donors (Lipinski definition) is 0. The van der Waals surface area contributed by atoms with E-state index in [2.05, 4.69) is 20.2 Å². The number of fused-ring (bicyclic) bond motifs is 1. The molecular weight excluding hydrogens is 353 g/mol. The average molecular weight is 371 g/mol. The number of nitrogens with zero attached hydrogens (tertiary/aromatic N) is 5. The molecule has 2 aromatic heterocycles. The van der Waals surface area contributed by atoms with Crippen LogP contribution >= 0.6 is 0 Å². The first-order valence-electron chi connectivity index (χ1n) is 9.18. The van der Waals surface area contributed by atoms with Crippen molar-refractivity contribution in [2.75, 3.05) is 4.90 Å². The van der Waals surface area contributed by atoms with Gasteiger partial charge in [0.2, 0.25) is 0 Å². The van der Waals surface area contributed by atoms with Crippen LogP contribution in [0.3, 0.4) is 0 Å². The van der Waals surface area contributed by atoms with Crippen LogP contribution in [-0.2, 0) is 19.6 Å². The summed E-state index contributed by atoms with van der Waals surface area (Å²) in [4.78, 5) is 2.19. The molecule has 0 saturated heterocycles. The molecule has 2 aromatic carbocycles. The molecule has 0 bridgehead atoms. The van der Waals surface area contributed by atoms with E-state index < -0.39 is 0 Å². The summed E-state index contributed by atoms with van der Waals surface area (Å²) in [5, 5.41) is 13.3. The fourth-order valence-electron chi connectivity index (χ4n) is 3.52. The third-order valence-electron chi connectivity index (χ3n) is 5.03. The van der Waals surface area contributed by atoms with Gasteiger partial charge in [-0.25, -0.2) is 4.39 Å². The molecule has 1 aliphatic heterocycles. The quantitative estimate of drug-likeness (QED) is 0.543. The summed E-state index contributed by atoms with van der Waals surface area (Å²) in [5.74, 6) is 0.627. The van der Waals surface area contributed by atoms with E-state index in [1.54, 1.807) is 12.1 Å². The largest absolute Gasteiger partial charge is 0.345 e. The molecule has 0 N–H and O–H groups in total. The van der Waals surface area contributed by atoms with Crippen molar-refractivity contribution in [2.24, 2.45) is 0 Å². The van der Waals surface area contributed by atoms with E-state index in [0.717, 1.165) is 35.7 Å². The SMILES string of the molecule is Fc1ccc(Cn2ncc3c2CN(c2ccc(-c4ccccc4)nn2)C3)cc1. The molecule has 0 saturated carbocycles. The lowest BCUT2D eigenvalue weighted by molar-refractivity contribution is 0.620. The van der Waals surface area contributed by atoms with Crippen molar-refractivity contribution in [3.63, 3.8) is 0 Å². The highest BCUT2D eigenvalue weighted by Gasteiger charge is 2.25. The Hall–Kier alpha value is -3.54. The minimum atomic E-state index is -0.224. The second kappa shape index (κ2) is 6.88. The van der Waals surface area contributed by atoms with Gasteiger partial charge in [-0.2, -0.15) is 5.10 Å². The van der Waals surface area contributed by atoms with E-state index in [1.165, 1.54) is 23.4 Å². The van der Waals surface area contributed by atoms with Crippen LogP contribution in [0, 0.1) is 5.82 Å². The predicted molar refractivity (Wildman–Crippen MR) is 105 cm³/mol. The predicted octanol–water partition coefficient (Wildman–Crippen LogP) is 4.05. The van der Waals surface area contributed by atoms with Crippen molar-refractivity contribution in [3.8, 4) is 11.3 Å². The summed E-state index contributed by atoms with van der Waals surface area (Å²) in [6, 6.07) is 20.6. The maximum absolute atomic E-state index is 13.1. The van der Waals surface area contributed by atoms with Crippen LogP contribution in [0.15, 0.2) is 72.9 Å². The molecule has 0 atom stereocenters. The zero-order valence-electron chi connectivity index (χ0n) is 15.2. The molecule has 138 valence electrons. The van der Waals surface area contributed by atoms with Gasteiger partial charge >= 0.3 is 0 Å². The molecule has 4 aromatic rings. The van der Waals surface area contributed by atoms with Crippen molar-refractivity contribution in [3.05, 3.63) is 95.6 Å². The van der Waals surface area contributed by atoms with Gasteiger partial charge in [0.15, 0.2) is 5.82 Å². The van der Waals surface area contributed by atoms with Gasteiger partial charge in [0.05, 0.1) is 30.7 Å². The smallest absolute Gasteiger partial charge is 0.151 e. The molecule has 3 heterocycles. The van der Waals surface area contributed by atoms with Gasteiger partial charge < -0.3 is 4.90 Å². The average Bonchev–Trinajstić information content (AvgIpc) is 3.32. The van der Waals surface area contributed by atoms with Crippen LogP contribution in [0.1, 0.15) is 16.8 Å². The second-order valence-corrected chi connectivity index (χ2v) is 6.90. The Morgan fingerprint density at radius 2 is 1.68 bits per heavy atom. The maximum atomic E-state index is 13.1. The normalized spacial score (nSPS) is 13.0. The summed E-state index contributed by atoms with van der Waals surface area (Å²) in [6.07, 6.45) is 1.91. The summed E-state index contributed by atoms with van der Waals surface area (Å²) in [5.41, 5.74) is 5.30. The van der Waals surface area contributed by atoms with E-state index in [4.69, 9.17) is 0 Å². The monoisotopic (exact) mass is 371 g/mol. The minimum Gasteiger partial charge on any atom is -0.345 e. The third-order valence-corrected chi connectivity index (χ3v) is 5.03. The molecule has 0 fully saturated rings. The van der Waals surface area contributed by atoms with Crippen LogP contribution in [0.25, 0.3) is 11.3 Å². The van der Waals surface area contributed by atoms with E-state index in [9.17, 15) is 4.39 Å². The van der Waals surface area contributed by atoms with Gasteiger partial charge in [0.1, 0.15) is 5.82 Å². The third kappa shape index (κ3) is 3.13. The second-order valence-electron chi connectivity index (χ2n) is 6.90. The van der Waals surface area contributed by atoms with Crippen LogP contribution in [0.5, 0.6) is 0 Å². The zero-order chi connectivity index (χ0) is 18.9. The molecule has 6 heteroatoms. The minimum absolute atomic E-state index is 0.224. The van der Waals surface area contributed by atoms with E-state index in [0.29, 0.717) is 6.54 Å². The van der Waals surface area contributed by atoms with Crippen molar-refractivity contribution >= 4 is 5.82 Å². The number of rotatable bonds is 4. The molecule has 0 radical (unpaired) electrons. The first-order valence-corrected chi connectivity index (χ1v) is 9.18. The molecule has 28 heavy (non-hydrogen) atoms. The zero-order valence-corrected chi connectivity index (χ0v) is 15.2. The van der Waals surface area contributed by atoms with Crippen molar-refractivity contribution in [1.29, 1.82) is 0 Å². The summed E-state index contributed by atoms with van der Waals surface area (Å²) in [6.45, 7) is 2.12. The maximum Gasteiger partial charge on any atom is 0.151 e. The van der Waals surface area contributed by atoms with Gasteiger partial charge in [0.25, 0.3) is 0 Å². The van der Waals surface area contributed by atoms with Crippen LogP contribution in [0.4, 0.5) is 10.2 Å². The first-order chi connectivity index (χ1) is 13.8. The van der Waals surface area contributed by atoms with Crippen LogP contribution in [0.2, 0.25) is 0 Å². The van der Waals surface area contributed by atoms with Crippen molar-refractivity contribution < 1.29 is 4.39 Å². The molecule has 0 unspecified atom stereocenters. The number of benzene rings is 2. The van der Waals surface area contributed by atoms with Gasteiger partial charge in [0, 0.05) is 17.7 Å². The Kier molecular flexibility index (Phi) is 4.09. The first kappa shape index (κ1) is 16.6. The van der Waals surface area contributed by atoms with Crippen LogP contribution < -0.4 is 4.90 Å². The topological polar surface area (TPSA) is 46.8 Å². The van der Waals surface area contributed by atoms with E-state index in [-0.39, 0.29) is 5.82 Å². The summed E-state index contributed by atoms with van der Waals surface area (Å²) < 4.78 is 15.1. The van der Waals surface area contributed by atoms with Crippen molar-refractivity contribution in [1.82, 2.24) is 20.0 Å². The molecule has 0 aliphatic carbocycles. The number of hydrogen-bond acceptors (Lipinski definition) is 4. The van der Waals surface area contributed by atoms with Crippen molar-refractivity contribution in [2.45, 2.75) is 19.6 Å². The molecule has 0 spiro atoms. The molecule has 5 nitrogen and oxygen atoms in total. The lowest BCUT2D eigenvalue weighted by Crippen LogP contribution is -2.18. The molecule has 1 aliphatic rings. The Balaban J connectivity index is 1.33. The van der Waals surface area contributed by atoms with Gasteiger partial charge in [-0.15, -0.1) is 10.2 Å².